The fraction of sp³-hybridized carbons (Fsp3) is 0.182. The van der Waals surface area contributed by atoms with Crippen molar-refractivity contribution >= 4 is 28.4 Å². The molecule has 0 saturated carbocycles. The number of aromatic nitrogens is 1. The minimum Gasteiger partial charge on any atom is -0.507 e. The smallest absolute Gasteiger partial charge is 0.379 e. The molecule has 0 spiro atoms. The summed E-state index contributed by atoms with van der Waals surface area (Å²) in [6, 6.07) is 10.5. The number of ketones is 1. The average Bonchev–Trinajstić information content (AvgIpc) is 3.14. The summed E-state index contributed by atoms with van der Waals surface area (Å²) in [6.45, 7) is 4.26. The van der Waals surface area contributed by atoms with Gasteiger partial charge in [0, 0.05) is 29.2 Å². The molecule has 4 rings (SSSR count). The van der Waals surface area contributed by atoms with Gasteiger partial charge in [-0.2, -0.15) is 0 Å². The van der Waals surface area contributed by atoms with E-state index >= 15 is 0 Å². The first-order chi connectivity index (χ1) is 13.3. The van der Waals surface area contributed by atoms with Crippen LogP contribution >= 0.6 is 0 Å². The number of benzene rings is 2. The molecule has 5 nitrogen and oxygen atoms in total. The zero-order chi connectivity index (χ0) is 20.0. The minimum atomic E-state index is -0.994. The maximum Gasteiger partial charge on any atom is 0.379 e. The molecule has 0 amide bonds. The fourth-order valence-electron chi connectivity index (χ4n) is 3.68. The van der Waals surface area contributed by atoms with Crippen molar-refractivity contribution in [3.05, 3.63) is 76.2 Å². The second-order valence-electron chi connectivity index (χ2n) is 7.06. The number of carbonyl (C=O) groups is 2. The van der Waals surface area contributed by atoms with Crippen LogP contribution in [0.15, 0.2) is 48.2 Å². The lowest BCUT2D eigenvalue weighted by Gasteiger charge is -2.08. The molecule has 2 heterocycles. The Bertz CT molecular complexity index is 1150. The van der Waals surface area contributed by atoms with Crippen molar-refractivity contribution in [2.24, 2.45) is 0 Å². The van der Waals surface area contributed by atoms with Crippen LogP contribution < -0.4 is 0 Å². The lowest BCUT2D eigenvalue weighted by molar-refractivity contribution is -0.146. The Balaban J connectivity index is 1.87. The molecule has 1 saturated heterocycles. The lowest BCUT2D eigenvalue weighted by atomic mass is 10.1. The van der Waals surface area contributed by atoms with E-state index in [1.165, 1.54) is 12.1 Å². The monoisotopic (exact) mass is 379 g/mol. The Morgan fingerprint density at radius 2 is 1.86 bits per heavy atom. The summed E-state index contributed by atoms with van der Waals surface area (Å²) in [6.07, 6.45) is 1.67. The van der Waals surface area contributed by atoms with E-state index in [2.05, 4.69) is 18.2 Å². The number of hydrogen-bond acceptors (Lipinski definition) is 4. The maximum atomic E-state index is 13.9. The van der Waals surface area contributed by atoms with E-state index in [4.69, 9.17) is 4.74 Å². The van der Waals surface area contributed by atoms with Crippen LogP contribution in [0.1, 0.15) is 22.3 Å². The molecule has 1 fully saturated rings. The Morgan fingerprint density at radius 1 is 1.14 bits per heavy atom. The van der Waals surface area contributed by atoms with Crippen LogP contribution in [0, 0.1) is 19.7 Å². The summed E-state index contributed by atoms with van der Waals surface area (Å²) >= 11 is 0. The zero-order valence-corrected chi connectivity index (χ0v) is 15.5. The number of rotatable bonds is 3. The number of nitrogens with zero attached hydrogens (tertiary/aromatic N) is 1. The molecule has 3 aromatic rings. The molecule has 0 aliphatic carbocycles. The topological polar surface area (TPSA) is 68.5 Å². The fourth-order valence-corrected chi connectivity index (χ4v) is 3.68. The van der Waals surface area contributed by atoms with Gasteiger partial charge in [-0.15, -0.1) is 0 Å². The van der Waals surface area contributed by atoms with Gasteiger partial charge in [0.05, 0.1) is 5.57 Å². The molecule has 0 atom stereocenters. The zero-order valence-electron chi connectivity index (χ0n) is 15.5. The number of fused-ring (bicyclic) bond motifs is 1. The number of aryl methyl sites for hydroxylation is 2. The van der Waals surface area contributed by atoms with Crippen molar-refractivity contribution in [2.75, 3.05) is 6.61 Å². The van der Waals surface area contributed by atoms with Crippen LogP contribution in [0.4, 0.5) is 4.39 Å². The number of halogens is 1. The predicted molar refractivity (Wildman–Crippen MR) is 102 cm³/mol. The lowest BCUT2D eigenvalue weighted by Crippen LogP contribution is -2.08. The highest BCUT2D eigenvalue weighted by molar-refractivity contribution is 6.43. The highest BCUT2D eigenvalue weighted by Gasteiger charge is 2.33. The van der Waals surface area contributed by atoms with E-state index < -0.39 is 17.6 Å². The third kappa shape index (κ3) is 3.07. The molecule has 1 N–H and O–H groups in total. The van der Waals surface area contributed by atoms with Gasteiger partial charge >= 0.3 is 5.97 Å². The molecule has 28 heavy (non-hydrogen) atoms. The third-order valence-corrected chi connectivity index (χ3v) is 4.83. The first-order valence-corrected chi connectivity index (χ1v) is 8.83. The summed E-state index contributed by atoms with van der Waals surface area (Å²) < 4.78 is 20.5. The summed E-state index contributed by atoms with van der Waals surface area (Å²) in [7, 11) is 0. The molecule has 1 aromatic heterocycles. The van der Waals surface area contributed by atoms with Gasteiger partial charge in [-0.05, 0) is 37.6 Å². The number of Topliss-reactive ketones (excluding diaryl/α,β-unsaturated/α-hetero) is 1. The first-order valence-electron chi connectivity index (χ1n) is 8.83. The van der Waals surface area contributed by atoms with Gasteiger partial charge < -0.3 is 14.4 Å². The Kier molecular flexibility index (Phi) is 4.26. The number of aliphatic hydroxyl groups is 1. The molecular formula is C22H18FNO4. The summed E-state index contributed by atoms with van der Waals surface area (Å²) in [5.41, 5.74) is 4.22. The molecule has 1 aliphatic heterocycles. The van der Waals surface area contributed by atoms with E-state index in [1.807, 2.05) is 18.4 Å². The molecule has 0 radical (unpaired) electrons. The van der Waals surface area contributed by atoms with Gasteiger partial charge in [-0.1, -0.05) is 29.3 Å². The molecule has 6 heteroatoms. The summed E-state index contributed by atoms with van der Waals surface area (Å²) in [5.74, 6) is -2.68. The standard InChI is InChI=1S/C22H18FNO4/c1-12-5-13(2)7-14(6-12)9-24-10-17(16-8-15(23)3-4-19(16)24)20(25)18-11-28-22(27)21(18)26/h3-8,10,25H,9,11H2,1-2H3/b20-18-. The van der Waals surface area contributed by atoms with E-state index in [9.17, 15) is 19.1 Å². The number of aliphatic hydroxyl groups excluding tert-OH is 1. The highest BCUT2D eigenvalue weighted by atomic mass is 19.1. The molecule has 142 valence electrons. The maximum absolute atomic E-state index is 13.9. The molecular weight excluding hydrogens is 361 g/mol. The van der Waals surface area contributed by atoms with Crippen molar-refractivity contribution in [3.63, 3.8) is 0 Å². The van der Waals surface area contributed by atoms with Crippen molar-refractivity contribution in [1.82, 2.24) is 4.57 Å². The molecule has 0 bridgehead atoms. The van der Waals surface area contributed by atoms with Crippen molar-refractivity contribution < 1.29 is 23.8 Å². The van der Waals surface area contributed by atoms with Gasteiger partial charge in [0.1, 0.15) is 18.2 Å². The number of carbonyl (C=O) groups excluding carboxylic acids is 2. The molecule has 1 aliphatic rings. The van der Waals surface area contributed by atoms with E-state index in [1.54, 1.807) is 12.3 Å². The van der Waals surface area contributed by atoms with Crippen molar-refractivity contribution in [1.29, 1.82) is 0 Å². The van der Waals surface area contributed by atoms with Crippen LogP contribution in [0.3, 0.4) is 0 Å². The van der Waals surface area contributed by atoms with Crippen LogP contribution in [0.25, 0.3) is 16.7 Å². The van der Waals surface area contributed by atoms with Gasteiger partial charge in [0.25, 0.3) is 5.78 Å². The number of ether oxygens (including phenoxy) is 1. The molecule has 2 aromatic carbocycles. The summed E-state index contributed by atoms with van der Waals surface area (Å²) in [5, 5.41) is 11.1. The first kappa shape index (κ1) is 18.0. The van der Waals surface area contributed by atoms with Gasteiger partial charge in [0.15, 0.2) is 0 Å². The minimum absolute atomic E-state index is 0.111. The van der Waals surface area contributed by atoms with Crippen molar-refractivity contribution in [2.45, 2.75) is 20.4 Å². The normalized spacial score (nSPS) is 16.0. The quantitative estimate of drug-likeness (QED) is 0.325. The number of cyclic esters (lactones) is 1. The van der Waals surface area contributed by atoms with Gasteiger partial charge in [-0.3, -0.25) is 4.79 Å². The second kappa shape index (κ2) is 6.64. The number of hydrogen-bond donors (Lipinski definition) is 1. The van der Waals surface area contributed by atoms with Gasteiger partial charge in [-0.25, -0.2) is 9.18 Å². The van der Waals surface area contributed by atoms with Crippen LogP contribution in [0.2, 0.25) is 0 Å². The Hall–Kier alpha value is -3.41. The van der Waals surface area contributed by atoms with Gasteiger partial charge in [0.2, 0.25) is 0 Å². The van der Waals surface area contributed by atoms with Crippen LogP contribution in [-0.4, -0.2) is 28.0 Å². The Morgan fingerprint density at radius 3 is 2.50 bits per heavy atom. The predicted octanol–water partition coefficient (Wildman–Crippen LogP) is 3.84. The highest BCUT2D eigenvalue weighted by Crippen LogP contribution is 2.31. The summed E-state index contributed by atoms with van der Waals surface area (Å²) in [4.78, 5) is 23.3. The third-order valence-electron chi connectivity index (χ3n) is 4.83. The van der Waals surface area contributed by atoms with E-state index in [0.29, 0.717) is 23.0 Å². The van der Waals surface area contributed by atoms with Crippen molar-refractivity contribution in [3.8, 4) is 0 Å². The number of esters is 1. The van der Waals surface area contributed by atoms with E-state index in [-0.39, 0.29) is 17.9 Å². The average molecular weight is 379 g/mol. The Labute approximate surface area is 160 Å². The largest absolute Gasteiger partial charge is 0.507 e. The van der Waals surface area contributed by atoms with E-state index in [0.717, 1.165) is 16.7 Å². The molecule has 0 unspecified atom stereocenters. The van der Waals surface area contributed by atoms with Crippen LogP contribution in [0.5, 0.6) is 0 Å². The SMILES string of the molecule is Cc1cc(C)cc(Cn2cc(/C(O)=C3\COC(=O)C3=O)c3cc(F)ccc32)c1. The van der Waals surface area contributed by atoms with Crippen LogP contribution in [-0.2, 0) is 20.9 Å². The second-order valence-corrected chi connectivity index (χ2v) is 7.06.